The summed E-state index contributed by atoms with van der Waals surface area (Å²) in [4.78, 5) is 0. The Morgan fingerprint density at radius 1 is 1.22 bits per heavy atom. The minimum atomic E-state index is -0.681. The first-order chi connectivity index (χ1) is 12.8. The van der Waals surface area contributed by atoms with Gasteiger partial charge in [-0.25, -0.2) is 4.39 Å². The van der Waals surface area contributed by atoms with Gasteiger partial charge in [-0.15, -0.1) is 0 Å². The lowest BCUT2D eigenvalue weighted by Crippen LogP contribution is -2.20. The summed E-state index contributed by atoms with van der Waals surface area (Å²) in [5.41, 5.74) is 2.25. The van der Waals surface area contributed by atoms with Gasteiger partial charge in [-0.3, -0.25) is 0 Å². The van der Waals surface area contributed by atoms with Gasteiger partial charge in [0.25, 0.3) is 0 Å². The Hall–Kier alpha value is -2.33. The van der Waals surface area contributed by atoms with Crippen LogP contribution in [0.3, 0.4) is 0 Å². The minimum absolute atomic E-state index is 0.123. The van der Waals surface area contributed by atoms with Crippen molar-refractivity contribution in [2.24, 2.45) is 0 Å². The number of aliphatic hydroxyl groups is 1. The molecule has 142 valence electrons. The molecule has 0 saturated heterocycles. The van der Waals surface area contributed by atoms with Gasteiger partial charge >= 0.3 is 0 Å². The Morgan fingerprint density at radius 2 is 2.04 bits per heavy atom. The Kier molecular flexibility index (Phi) is 4.47. The summed E-state index contributed by atoms with van der Waals surface area (Å²) in [6, 6.07) is 11.3. The number of hydrogen-bond acceptors (Lipinski definition) is 2. The fourth-order valence-corrected chi connectivity index (χ4v) is 3.97. The maximum atomic E-state index is 14.2. The molecule has 0 fully saturated rings. The van der Waals surface area contributed by atoms with Crippen LogP contribution in [0.15, 0.2) is 42.6 Å². The molecular weight excluding hydrogens is 341 g/mol. The first-order valence-electron chi connectivity index (χ1n) is 9.62. The van der Waals surface area contributed by atoms with E-state index in [1.54, 1.807) is 6.07 Å². The maximum absolute atomic E-state index is 14.2. The van der Waals surface area contributed by atoms with Gasteiger partial charge in [0.2, 0.25) is 0 Å². The van der Waals surface area contributed by atoms with E-state index in [0.29, 0.717) is 6.42 Å². The van der Waals surface area contributed by atoms with Gasteiger partial charge in [-0.1, -0.05) is 6.92 Å². The lowest BCUT2D eigenvalue weighted by atomic mass is 10.0. The van der Waals surface area contributed by atoms with Crippen molar-refractivity contribution in [2.45, 2.75) is 58.1 Å². The van der Waals surface area contributed by atoms with Crippen molar-refractivity contribution in [3.05, 3.63) is 59.5 Å². The Morgan fingerprint density at radius 3 is 2.81 bits per heavy atom. The van der Waals surface area contributed by atoms with Crippen molar-refractivity contribution in [3.63, 3.8) is 0 Å². The molecule has 1 N–H and O–H groups in total. The third-order valence-corrected chi connectivity index (χ3v) is 5.52. The van der Waals surface area contributed by atoms with Gasteiger partial charge in [0.05, 0.1) is 5.60 Å². The molecule has 2 aromatic carbocycles. The second-order valence-corrected chi connectivity index (χ2v) is 8.27. The molecule has 0 aliphatic heterocycles. The summed E-state index contributed by atoms with van der Waals surface area (Å²) in [6.45, 7) is 6.48. The molecule has 0 bridgehead atoms. The topological polar surface area (TPSA) is 34.4 Å². The number of benzene rings is 2. The smallest absolute Gasteiger partial charge is 0.131 e. The average Bonchev–Trinajstić information content (AvgIpc) is 3.19. The zero-order chi connectivity index (χ0) is 19.2. The molecule has 1 atom stereocenters. The molecular formula is C23H26FNO2. The normalized spacial score (nSPS) is 16.7. The molecule has 0 radical (unpaired) electrons. The molecule has 0 spiro atoms. The van der Waals surface area contributed by atoms with Gasteiger partial charge < -0.3 is 14.4 Å². The monoisotopic (exact) mass is 367 g/mol. The Balaban J connectivity index is 1.59. The van der Waals surface area contributed by atoms with Crippen molar-refractivity contribution in [1.82, 2.24) is 4.57 Å². The average molecular weight is 367 g/mol. The predicted octanol–water partition coefficient (Wildman–Crippen LogP) is 5.78. The van der Waals surface area contributed by atoms with E-state index >= 15 is 0 Å². The van der Waals surface area contributed by atoms with Crippen LogP contribution in [0.2, 0.25) is 0 Å². The molecule has 0 amide bonds. The van der Waals surface area contributed by atoms with E-state index in [1.165, 1.54) is 6.07 Å². The van der Waals surface area contributed by atoms with Crippen molar-refractivity contribution >= 4 is 10.9 Å². The van der Waals surface area contributed by atoms with Crippen LogP contribution in [-0.2, 0) is 13.0 Å². The number of hydrogen-bond donors (Lipinski definition) is 1. The molecule has 1 aliphatic carbocycles. The molecule has 3 nitrogen and oxygen atoms in total. The highest BCUT2D eigenvalue weighted by atomic mass is 19.1. The van der Waals surface area contributed by atoms with Gasteiger partial charge in [-0.2, -0.15) is 0 Å². The van der Waals surface area contributed by atoms with Crippen molar-refractivity contribution < 1.29 is 14.2 Å². The highest BCUT2D eigenvalue weighted by Crippen LogP contribution is 2.41. The van der Waals surface area contributed by atoms with Gasteiger partial charge in [0.15, 0.2) is 0 Å². The SMILES string of the molecule is CC1CCc2c(Oc3ccc4c(ccn4CCC(C)(C)O)c3)ccc(F)c21. The molecule has 4 heteroatoms. The molecule has 4 rings (SSSR count). The molecule has 1 unspecified atom stereocenters. The quantitative estimate of drug-likeness (QED) is 0.620. The number of aromatic nitrogens is 1. The fraction of sp³-hybridized carbons (Fsp3) is 0.391. The second kappa shape index (κ2) is 6.68. The second-order valence-electron chi connectivity index (χ2n) is 8.27. The van der Waals surface area contributed by atoms with Crippen LogP contribution in [0.1, 0.15) is 50.7 Å². The van der Waals surface area contributed by atoms with Gasteiger partial charge in [-0.05, 0) is 81.0 Å². The standard InChI is InChI=1S/C23H26FNO2/c1-15-4-6-18-21(9-7-19(24)22(15)18)27-17-5-8-20-16(14-17)10-12-25(20)13-11-23(2,3)26/h5,7-10,12,14-15,26H,4,6,11,13H2,1-3H3. The number of rotatable bonds is 5. The molecule has 3 aromatic rings. The summed E-state index contributed by atoms with van der Waals surface area (Å²) in [5, 5.41) is 11.0. The zero-order valence-corrected chi connectivity index (χ0v) is 16.1. The number of nitrogens with zero attached hydrogens (tertiary/aromatic N) is 1. The zero-order valence-electron chi connectivity index (χ0n) is 16.1. The summed E-state index contributed by atoms with van der Waals surface area (Å²) in [5.74, 6) is 1.64. The third-order valence-electron chi connectivity index (χ3n) is 5.52. The first-order valence-corrected chi connectivity index (χ1v) is 9.62. The van der Waals surface area contributed by atoms with E-state index in [-0.39, 0.29) is 11.7 Å². The lowest BCUT2D eigenvalue weighted by molar-refractivity contribution is 0.0666. The van der Waals surface area contributed by atoms with E-state index in [4.69, 9.17) is 4.74 Å². The van der Waals surface area contributed by atoms with Crippen LogP contribution in [0.25, 0.3) is 10.9 Å². The summed E-state index contributed by atoms with van der Waals surface area (Å²) in [7, 11) is 0. The molecule has 1 aromatic heterocycles. The number of aryl methyl sites for hydroxylation is 1. The van der Waals surface area contributed by atoms with Crippen molar-refractivity contribution in [3.8, 4) is 11.5 Å². The number of halogens is 1. The number of ether oxygens (including phenoxy) is 1. The van der Waals surface area contributed by atoms with E-state index in [1.807, 2.05) is 38.2 Å². The van der Waals surface area contributed by atoms with Crippen LogP contribution in [0.4, 0.5) is 4.39 Å². The van der Waals surface area contributed by atoms with E-state index in [9.17, 15) is 9.50 Å². The Bertz CT molecular complexity index is 984. The van der Waals surface area contributed by atoms with Crippen LogP contribution in [0.5, 0.6) is 11.5 Å². The van der Waals surface area contributed by atoms with Gasteiger partial charge in [0.1, 0.15) is 17.3 Å². The van der Waals surface area contributed by atoms with Crippen molar-refractivity contribution in [1.29, 1.82) is 0 Å². The largest absolute Gasteiger partial charge is 0.457 e. The van der Waals surface area contributed by atoms with Crippen molar-refractivity contribution in [2.75, 3.05) is 0 Å². The molecule has 27 heavy (non-hydrogen) atoms. The summed E-state index contributed by atoms with van der Waals surface area (Å²) >= 11 is 0. The van der Waals surface area contributed by atoms with Crippen LogP contribution in [-0.4, -0.2) is 15.3 Å². The molecule has 0 saturated carbocycles. The number of fused-ring (bicyclic) bond motifs is 2. The minimum Gasteiger partial charge on any atom is -0.457 e. The van der Waals surface area contributed by atoms with Crippen LogP contribution < -0.4 is 4.74 Å². The highest BCUT2D eigenvalue weighted by molar-refractivity contribution is 5.81. The van der Waals surface area contributed by atoms with Crippen LogP contribution in [0, 0.1) is 5.82 Å². The molecule has 1 aliphatic rings. The van der Waals surface area contributed by atoms with E-state index < -0.39 is 5.60 Å². The lowest BCUT2D eigenvalue weighted by Gasteiger charge is -2.17. The summed E-state index contributed by atoms with van der Waals surface area (Å²) < 4.78 is 22.4. The van der Waals surface area contributed by atoms with Gasteiger partial charge in [0, 0.05) is 29.2 Å². The third kappa shape index (κ3) is 3.59. The van der Waals surface area contributed by atoms with E-state index in [2.05, 4.69) is 17.6 Å². The Labute approximate surface area is 159 Å². The summed E-state index contributed by atoms with van der Waals surface area (Å²) in [6.07, 6.45) is 4.56. The highest BCUT2D eigenvalue weighted by Gasteiger charge is 2.26. The molecule has 1 heterocycles. The fourth-order valence-electron chi connectivity index (χ4n) is 3.97. The predicted molar refractivity (Wildman–Crippen MR) is 106 cm³/mol. The van der Waals surface area contributed by atoms with E-state index in [0.717, 1.165) is 52.9 Å². The van der Waals surface area contributed by atoms with Crippen LogP contribution >= 0.6 is 0 Å². The first kappa shape index (κ1) is 18.1. The maximum Gasteiger partial charge on any atom is 0.131 e.